The minimum atomic E-state index is -4.36. The first kappa shape index (κ1) is 16.4. The van der Waals surface area contributed by atoms with Crippen molar-refractivity contribution >= 4 is 10.3 Å². The Kier molecular flexibility index (Phi) is 14.3. The molecule has 0 aliphatic heterocycles. The van der Waals surface area contributed by atoms with Gasteiger partial charge in [-0.1, -0.05) is 4.89 Å². The summed E-state index contributed by atoms with van der Waals surface area (Å²) in [5.41, 5.74) is 0. The van der Waals surface area contributed by atoms with Crippen LogP contribution in [0, 0.1) is 0 Å². The van der Waals surface area contributed by atoms with Gasteiger partial charge in [-0.2, -0.15) is 8.42 Å². The second-order valence-electron chi connectivity index (χ2n) is 0.566. The summed E-state index contributed by atoms with van der Waals surface area (Å²) in [5.74, 6) is 0. The summed E-state index contributed by atoms with van der Waals surface area (Å²) in [6.45, 7) is 0. The molecule has 0 fully saturated rings. The van der Waals surface area contributed by atoms with Crippen molar-refractivity contribution in [3.8, 4) is 0 Å². The molecule has 0 unspecified atom stereocenters. The first-order chi connectivity index (χ1) is 2.56. The molecule has 0 rings (SSSR count). The van der Waals surface area contributed by atoms with Gasteiger partial charge in [0, 0.05) is 0 Å². The monoisotopic (exact) mass is 161 g/mol. The number of rotatable bonds is 1. The van der Waals surface area contributed by atoms with Gasteiger partial charge in [0.15, 0.2) is 0 Å². The quantitative estimate of drug-likeness (QED) is 0.202. The molecule has 0 aromatic carbocycles. The van der Waals surface area contributed by atoms with Crippen LogP contribution in [0.3, 0.4) is 0 Å². The second kappa shape index (κ2) is 6.94. The molecule has 0 aromatic rings. The Bertz CT molecular complexity index is 123. The fourth-order valence-corrected chi connectivity index (χ4v) is 0. The van der Waals surface area contributed by atoms with Gasteiger partial charge in [-0.15, -0.1) is 0 Å². The van der Waals surface area contributed by atoms with E-state index < -0.39 is 10.3 Å². The van der Waals surface area contributed by atoms with E-state index in [9.17, 15) is 8.42 Å². The van der Waals surface area contributed by atoms with E-state index in [1.807, 2.05) is 0 Å². The molecule has 3 N–H and O–H groups in total. The van der Waals surface area contributed by atoms with Gasteiger partial charge in [0.05, 0.1) is 0 Å². The van der Waals surface area contributed by atoms with E-state index >= 15 is 0 Å². The van der Waals surface area contributed by atoms with Crippen LogP contribution in [-0.2, 0) is 10.3 Å². The van der Waals surface area contributed by atoms with E-state index in [0.29, 0.717) is 4.89 Å². The zero-order valence-electron chi connectivity index (χ0n) is 6.62. The largest absolute Gasteiger partial charge is 1.00 e. The summed E-state index contributed by atoms with van der Waals surface area (Å²) >= 11 is 0. The van der Waals surface area contributed by atoms with Crippen LogP contribution in [0.5, 0.6) is 0 Å². The Morgan fingerprint density at radius 1 is 1.38 bits per heavy atom. The summed E-state index contributed by atoms with van der Waals surface area (Å²) in [4.78, 5) is 0.632. The van der Waals surface area contributed by atoms with Crippen LogP contribution in [-0.4, -0.2) is 18.2 Å². The Morgan fingerprint density at radius 3 is 1.50 bits per heavy atom. The third-order valence-electron chi connectivity index (χ3n) is 0.115. The molecule has 0 aliphatic carbocycles. The van der Waals surface area contributed by atoms with Crippen LogP contribution >= 0.6 is 0 Å². The third-order valence-corrected chi connectivity index (χ3v) is 0.346. The summed E-state index contributed by atoms with van der Waals surface area (Å²) in [7, 11) is -4.36. The molecule has 8 heavy (non-hydrogen) atoms. The molecule has 0 saturated carbocycles. The number of hydrogen-bond donors (Lipinski definition) is 3. The molecule has 0 heterocycles. The van der Waals surface area contributed by atoms with Gasteiger partial charge in [-0.05, 0) is 0 Å². The van der Waals surface area contributed by atoms with Gasteiger partial charge in [0.2, 0.25) is 0 Å². The molecule has 0 amide bonds. The van der Waals surface area contributed by atoms with Crippen molar-refractivity contribution in [1.82, 2.24) is 4.89 Å². The molecular weight excluding hydrogens is 156 g/mol. The second-order valence-corrected chi connectivity index (χ2v) is 1.70. The van der Waals surface area contributed by atoms with Crippen molar-refractivity contribution in [3.63, 3.8) is 0 Å². The summed E-state index contributed by atoms with van der Waals surface area (Å²) in [6.07, 6.45) is 0. The summed E-state index contributed by atoms with van der Waals surface area (Å²) < 4.78 is 25.8. The average Bonchev–Trinajstić information content (AvgIpc) is 1.35. The average molecular weight is 161 g/mol. The van der Waals surface area contributed by atoms with Crippen LogP contribution in [0.15, 0.2) is 0 Å². The zero-order valence-corrected chi connectivity index (χ0v) is 9.44. The first-order valence-electron chi connectivity index (χ1n) is 0.944. The number of hydrogen-bond acceptors (Lipinski definition) is 3. The van der Waals surface area contributed by atoms with E-state index in [4.69, 9.17) is 9.76 Å². The van der Waals surface area contributed by atoms with Crippen molar-refractivity contribution < 1.29 is 80.1 Å². The summed E-state index contributed by atoms with van der Waals surface area (Å²) in [5, 5.41) is 7.31. The first-order valence-corrected chi connectivity index (χ1v) is 2.38. The maximum absolute atomic E-state index is 9.19. The maximum Gasteiger partial charge on any atom is 1.00 e. The zero-order chi connectivity index (χ0) is 5.21. The summed E-state index contributed by atoms with van der Waals surface area (Å²) in [6, 6.07) is 0. The van der Waals surface area contributed by atoms with Crippen LogP contribution in [0.25, 0.3) is 0 Å². The normalized spacial score (nSPS) is 8.75. The molecule has 0 aliphatic rings. The standard InChI is InChI=1S/H3NO4S.2Na.2H/c2-1-6(3,4)5;;;;/h1-2H,(H,3,4,5);;;;/q;2*+1;2*-1. The van der Waals surface area contributed by atoms with Crippen molar-refractivity contribution in [2.24, 2.45) is 0 Å². The fourth-order valence-electron chi connectivity index (χ4n) is 0. The molecule has 8 heteroatoms. The van der Waals surface area contributed by atoms with Gasteiger partial charge in [-0.3, -0.25) is 4.55 Å². The minimum absolute atomic E-state index is 0. The van der Waals surface area contributed by atoms with E-state index in [0.717, 1.165) is 0 Å². The minimum Gasteiger partial charge on any atom is -1.00 e. The Labute approximate surface area is 94.2 Å². The molecule has 0 spiro atoms. The maximum atomic E-state index is 9.19. The fraction of sp³-hybridized carbons (Fsp3) is 0. The smallest absolute Gasteiger partial charge is 1.00 e. The van der Waals surface area contributed by atoms with Crippen molar-refractivity contribution in [2.45, 2.75) is 0 Å². The van der Waals surface area contributed by atoms with Crippen LogP contribution in [0.2, 0.25) is 0 Å². The molecule has 0 aromatic heterocycles. The topological polar surface area (TPSA) is 86.6 Å². The molecule has 0 atom stereocenters. The van der Waals surface area contributed by atoms with Gasteiger partial charge < -0.3 is 8.06 Å². The number of nitrogens with one attached hydrogen (secondary N) is 1. The molecular formula is H5NNa2O4S. The SMILES string of the molecule is O=S(=O)(O)NO.[H-].[H-].[Na+].[Na+]. The van der Waals surface area contributed by atoms with E-state index in [2.05, 4.69) is 0 Å². The van der Waals surface area contributed by atoms with E-state index in [-0.39, 0.29) is 62.0 Å². The van der Waals surface area contributed by atoms with Gasteiger partial charge in [0.25, 0.3) is 0 Å². The Balaban J connectivity index is -0.0000000208. The van der Waals surface area contributed by atoms with Gasteiger partial charge in [-0.25, -0.2) is 0 Å². The van der Waals surface area contributed by atoms with Gasteiger partial charge in [0.1, 0.15) is 0 Å². The van der Waals surface area contributed by atoms with E-state index in [1.165, 1.54) is 0 Å². The molecule has 5 nitrogen and oxygen atoms in total. The van der Waals surface area contributed by atoms with Crippen LogP contribution in [0.1, 0.15) is 2.85 Å². The molecule has 0 saturated heterocycles. The molecule has 0 bridgehead atoms. The van der Waals surface area contributed by atoms with Crippen LogP contribution in [0.4, 0.5) is 0 Å². The predicted molar refractivity (Wildman–Crippen MR) is 18.7 cm³/mol. The van der Waals surface area contributed by atoms with Crippen molar-refractivity contribution in [1.29, 1.82) is 0 Å². The van der Waals surface area contributed by atoms with Crippen molar-refractivity contribution in [2.75, 3.05) is 0 Å². The van der Waals surface area contributed by atoms with E-state index in [1.54, 1.807) is 0 Å². The van der Waals surface area contributed by atoms with Crippen molar-refractivity contribution in [3.05, 3.63) is 0 Å². The molecule has 42 valence electrons. The Hall–Kier alpha value is 1.83. The van der Waals surface area contributed by atoms with Crippen LogP contribution < -0.4 is 64.0 Å². The Morgan fingerprint density at radius 2 is 1.50 bits per heavy atom. The van der Waals surface area contributed by atoms with Gasteiger partial charge >= 0.3 is 69.4 Å². The molecule has 0 radical (unpaired) electrons. The predicted octanol–water partition coefficient (Wildman–Crippen LogP) is -7.00. The third kappa shape index (κ3) is 15.7.